The number of rotatable bonds is 4. The Bertz CT molecular complexity index is 564. The number of ether oxygens (including phenoxy) is 1. The first kappa shape index (κ1) is 12.6. The van der Waals surface area contributed by atoms with Crippen molar-refractivity contribution in [2.45, 2.75) is 6.61 Å². The molecule has 1 heterocycles. The summed E-state index contributed by atoms with van der Waals surface area (Å²) in [6.45, 7) is -0.0316. The Kier molecular flexibility index (Phi) is 3.61. The summed E-state index contributed by atoms with van der Waals surface area (Å²) in [5.74, 6) is -1.08. The molecule has 18 heavy (non-hydrogen) atoms. The van der Waals surface area contributed by atoms with Crippen LogP contribution in [0.1, 0.15) is 16.2 Å². The summed E-state index contributed by atoms with van der Waals surface area (Å²) in [4.78, 5) is 10.6. The zero-order valence-corrected chi connectivity index (χ0v) is 10.5. The summed E-state index contributed by atoms with van der Waals surface area (Å²) in [6.07, 6.45) is 0. The fraction of sp³-hybridized carbons (Fsp3) is 0.0909. The van der Waals surface area contributed by atoms with Gasteiger partial charge in [0.2, 0.25) is 0 Å². The number of nitrogens with zero attached hydrogens (tertiary/aromatic N) is 1. The van der Waals surface area contributed by atoms with Gasteiger partial charge in [-0.05, 0) is 12.1 Å². The van der Waals surface area contributed by atoms with Gasteiger partial charge in [0.1, 0.15) is 18.2 Å². The summed E-state index contributed by atoms with van der Waals surface area (Å²) >= 11 is 3.13. The Morgan fingerprint density at radius 1 is 1.44 bits per heavy atom. The van der Waals surface area contributed by atoms with Gasteiger partial charge in [0.25, 0.3) is 0 Å². The highest BCUT2D eigenvalue weighted by Crippen LogP contribution is 2.21. The molecule has 0 aliphatic heterocycles. The van der Waals surface area contributed by atoms with Crippen LogP contribution < -0.4 is 4.74 Å². The first-order valence-electron chi connectivity index (χ1n) is 4.82. The zero-order valence-electron chi connectivity index (χ0n) is 8.89. The fourth-order valence-corrected chi connectivity index (χ4v) is 1.69. The van der Waals surface area contributed by atoms with Crippen LogP contribution in [0.3, 0.4) is 0 Å². The summed E-state index contributed by atoms with van der Waals surface area (Å²) in [7, 11) is 0. The van der Waals surface area contributed by atoms with Gasteiger partial charge in [-0.15, -0.1) is 0 Å². The van der Waals surface area contributed by atoms with Gasteiger partial charge in [-0.1, -0.05) is 21.1 Å². The van der Waals surface area contributed by atoms with Crippen LogP contribution in [-0.2, 0) is 6.61 Å². The van der Waals surface area contributed by atoms with Crippen molar-refractivity contribution < 1.29 is 23.6 Å². The number of carboxylic acid groups (broad SMARTS) is 1. The molecule has 2 aromatic rings. The maximum Gasteiger partial charge on any atom is 0.358 e. The van der Waals surface area contributed by atoms with Crippen LogP contribution in [0.2, 0.25) is 0 Å². The Labute approximate surface area is 109 Å². The van der Waals surface area contributed by atoms with Gasteiger partial charge < -0.3 is 14.4 Å². The number of carboxylic acids is 1. The van der Waals surface area contributed by atoms with E-state index in [1.165, 1.54) is 18.2 Å². The quantitative estimate of drug-likeness (QED) is 0.939. The average molecular weight is 316 g/mol. The Balaban J connectivity index is 2.04. The van der Waals surface area contributed by atoms with Crippen LogP contribution >= 0.6 is 15.9 Å². The molecule has 0 saturated carbocycles. The topological polar surface area (TPSA) is 72.6 Å². The third-order valence-electron chi connectivity index (χ3n) is 2.00. The van der Waals surface area contributed by atoms with Gasteiger partial charge in [0.05, 0.1) is 0 Å². The molecule has 5 nitrogen and oxygen atoms in total. The molecule has 0 bridgehead atoms. The molecule has 1 N–H and O–H groups in total. The van der Waals surface area contributed by atoms with Gasteiger partial charge in [0.15, 0.2) is 11.5 Å². The van der Waals surface area contributed by atoms with E-state index in [1.807, 2.05) is 0 Å². The fourth-order valence-electron chi connectivity index (χ4n) is 1.25. The number of hydrogen-bond donors (Lipinski definition) is 1. The minimum Gasteiger partial charge on any atom is -0.485 e. The number of aromatic nitrogens is 1. The van der Waals surface area contributed by atoms with Crippen molar-refractivity contribution in [3.8, 4) is 5.75 Å². The van der Waals surface area contributed by atoms with Gasteiger partial charge in [-0.3, -0.25) is 0 Å². The molecule has 0 unspecified atom stereocenters. The van der Waals surface area contributed by atoms with Gasteiger partial charge in [0, 0.05) is 16.6 Å². The molecule has 0 radical (unpaired) electrons. The number of hydrogen-bond acceptors (Lipinski definition) is 4. The number of aromatic carboxylic acids is 1. The molecule has 1 aromatic carbocycles. The summed E-state index contributed by atoms with van der Waals surface area (Å²) in [5, 5.41) is 12.0. The van der Waals surface area contributed by atoms with Crippen molar-refractivity contribution in [3.63, 3.8) is 0 Å². The monoisotopic (exact) mass is 315 g/mol. The van der Waals surface area contributed by atoms with E-state index in [4.69, 9.17) is 14.4 Å². The second-order valence-electron chi connectivity index (χ2n) is 3.38. The van der Waals surface area contributed by atoms with Crippen LogP contribution in [-0.4, -0.2) is 16.2 Å². The Hall–Kier alpha value is -1.89. The van der Waals surface area contributed by atoms with E-state index in [9.17, 15) is 9.18 Å². The predicted molar refractivity (Wildman–Crippen MR) is 61.9 cm³/mol. The summed E-state index contributed by atoms with van der Waals surface area (Å²) in [5.41, 5.74) is -0.200. The van der Waals surface area contributed by atoms with Crippen LogP contribution in [0.15, 0.2) is 33.3 Å². The zero-order chi connectivity index (χ0) is 13.1. The van der Waals surface area contributed by atoms with E-state index in [-0.39, 0.29) is 18.1 Å². The van der Waals surface area contributed by atoms with Crippen LogP contribution in [0, 0.1) is 5.82 Å². The van der Waals surface area contributed by atoms with Gasteiger partial charge in [-0.25, -0.2) is 9.18 Å². The number of halogens is 2. The van der Waals surface area contributed by atoms with Gasteiger partial charge in [-0.2, -0.15) is 0 Å². The maximum atomic E-state index is 13.0. The Morgan fingerprint density at radius 3 is 2.83 bits per heavy atom. The van der Waals surface area contributed by atoms with E-state index in [0.29, 0.717) is 10.2 Å². The highest BCUT2D eigenvalue weighted by molar-refractivity contribution is 9.10. The maximum absolute atomic E-state index is 13.0. The predicted octanol–water partition coefficient (Wildman–Crippen LogP) is 2.85. The smallest absolute Gasteiger partial charge is 0.358 e. The molecule has 1 aromatic heterocycles. The Morgan fingerprint density at radius 2 is 2.22 bits per heavy atom. The summed E-state index contributed by atoms with van der Waals surface area (Å²) < 4.78 is 23.6. The molecule has 2 rings (SSSR count). The average Bonchev–Trinajstić information content (AvgIpc) is 2.73. The van der Waals surface area contributed by atoms with Crippen molar-refractivity contribution in [1.82, 2.24) is 5.16 Å². The lowest BCUT2D eigenvalue weighted by Gasteiger charge is -2.04. The summed E-state index contributed by atoms with van der Waals surface area (Å²) in [6, 6.07) is 5.33. The SMILES string of the molecule is O=C(O)c1cc(COc2cc(F)cc(Br)c2)on1. The van der Waals surface area contributed by atoms with E-state index in [2.05, 4.69) is 21.1 Å². The standard InChI is InChI=1S/C11H7BrFNO4/c12-6-1-7(13)3-8(2-6)17-5-9-4-10(11(15)16)14-18-9/h1-4H,5H2,(H,15,16). The van der Waals surface area contributed by atoms with Crippen molar-refractivity contribution in [1.29, 1.82) is 0 Å². The lowest BCUT2D eigenvalue weighted by atomic mass is 10.3. The minimum atomic E-state index is -1.18. The first-order chi connectivity index (χ1) is 8.54. The van der Waals surface area contributed by atoms with Crippen molar-refractivity contribution in [2.24, 2.45) is 0 Å². The minimum absolute atomic E-state index is 0.0316. The van der Waals surface area contributed by atoms with E-state index in [1.54, 1.807) is 6.07 Å². The highest BCUT2D eigenvalue weighted by atomic mass is 79.9. The molecular formula is C11H7BrFNO4. The first-order valence-corrected chi connectivity index (χ1v) is 5.61. The van der Waals surface area contributed by atoms with Gasteiger partial charge >= 0.3 is 5.97 Å². The molecule has 7 heteroatoms. The molecule has 0 spiro atoms. The largest absolute Gasteiger partial charge is 0.485 e. The van der Waals surface area contributed by atoms with Crippen molar-refractivity contribution in [3.05, 3.63) is 46.0 Å². The lowest BCUT2D eigenvalue weighted by molar-refractivity contribution is 0.0685. The molecule has 94 valence electrons. The second-order valence-corrected chi connectivity index (χ2v) is 4.29. The molecule has 0 aliphatic carbocycles. The van der Waals surface area contributed by atoms with Crippen molar-refractivity contribution >= 4 is 21.9 Å². The second kappa shape index (κ2) is 5.18. The van der Waals surface area contributed by atoms with Crippen LogP contribution in [0.25, 0.3) is 0 Å². The molecule has 0 atom stereocenters. The lowest BCUT2D eigenvalue weighted by Crippen LogP contribution is -1.96. The van der Waals surface area contributed by atoms with Crippen LogP contribution in [0.4, 0.5) is 4.39 Å². The van der Waals surface area contributed by atoms with E-state index < -0.39 is 11.8 Å². The molecule has 0 aliphatic rings. The van der Waals surface area contributed by atoms with E-state index >= 15 is 0 Å². The third-order valence-corrected chi connectivity index (χ3v) is 2.45. The highest BCUT2D eigenvalue weighted by Gasteiger charge is 2.11. The number of carbonyl (C=O) groups is 1. The number of benzene rings is 1. The third kappa shape index (κ3) is 3.07. The van der Waals surface area contributed by atoms with Crippen molar-refractivity contribution in [2.75, 3.05) is 0 Å². The molecule has 0 saturated heterocycles. The molecule has 0 fully saturated rings. The normalized spacial score (nSPS) is 10.3. The molecule has 0 amide bonds. The van der Waals surface area contributed by atoms with Crippen LogP contribution in [0.5, 0.6) is 5.75 Å². The van der Waals surface area contributed by atoms with E-state index in [0.717, 1.165) is 0 Å². The molecular weight excluding hydrogens is 309 g/mol.